The largest absolute Gasteiger partial charge is 0.309 e. The van der Waals surface area contributed by atoms with Gasteiger partial charge < -0.3 is 4.90 Å². The second-order valence-corrected chi connectivity index (χ2v) is 14.7. The van der Waals surface area contributed by atoms with Crippen molar-refractivity contribution >= 4 is 85.9 Å². The summed E-state index contributed by atoms with van der Waals surface area (Å²) in [6.07, 6.45) is 5.82. The average molecular weight is 665 g/mol. The van der Waals surface area contributed by atoms with Crippen LogP contribution in [0.5, 0.6) is 0 Å². The highest BCUT2D eigenvalue weighted by atomic mass is 32.2. The number of hydrogen-bond acceptors (Lipinski definition) is 4. The second kappa shape index (κ2) is 11.3. The summed E-state index contributed by atoms with van der Waals surface area (Å²) in [5, 5.41) is 1.13. The Balaban J connectivity index is 1.33. The van der Waals surface area contributed by atoms with E-state index in [0.717, 1.165) is 16.6 Å². The van der Waals surface area contributed by atoms with E-state index in [2.05, 4.69) is 155 Å². The fourth-order valence-electron chi connectivity index (χ4n) is 9.12. The molecule has 6 aromatic carbocycles. The first-order chi connectivity index (χ1) is 25.3. The lowest BCUT2D eigenvalue weighted by atomic mass is 9.28. The van der Waals surface area contributed by atoms with E-state index in [1.807, 2.05) is 36.4 Å². The Morgan fingerprint density at radius 3 is 2.14 bits per heavy atom. The summed E-state index contributed by atoms with van der Waals surface area (Å²) in [7, 11) is 0. The Labute approximate surface area is 302 Å². The van der Waals surface area contributed by atoms with Crippen molar-refractivity contribution in [3.63, 3.8) is 0 Å². The predicted octanol–water partition coefficient (Wildman–Crippen LogP) is 6.40. The van der Waals surface area contributed by atoms with Crippen molar-refractivity contribution in [2.75, 3.05) is 4.90 Å². The zero-order valence-corrected chi connectivity index (χ0v) is 28.5. The van der Waals surface area contributed by atoms with Crippen molar-refractivity contribution in [2.45, 2.75) is 15.7 Å². The molecule has 0 saturated carbocycles. The molecule has 0 amide bonds. The predicted molar refractivity (Wildman–Crippen MR) is 214 cm³/mol. The molecule has 3 nitrogen and oxygen atoms in total. The molecule has 1 atom stereocenters. The van der Waals surface area contributed by atoms with Crippen molar-refractivity contribution in [2.24, 2.45) is 0 Å². The van der Waals surface area contributed by atoms with Crippen LogP contribution in [0.2, 0.25) is 0 Å². The summed E-state index contributed by atoms with van der Waals surface area (Å²) in [6, 6.07) is 56.1. The first kappa shape index (κ1) is 28.9. The van der Waals surface area contributed by atoms with Crippen LogP contribution in [0, 0.1) is 0 Å². The van der Waals surface area contributed by atoms with Gasteiger partial charge in [-0.05, 0) is 70.1 Å². The van der Waals surface area contributed by atoms with Crippen LogP contribution in [-0.2, 0) is 0 Å². The molecule has 8 aromatic rings. The Morgan fingerprint density at radius 2 is 1.25 bits per heavy atom. The van der Waals surface area contributed by atoms with Crippen molar-refractivity contribution < 1.29 is 0 Å². The SMILES string of the molecule is c1ccc(B2c3ccccc3N(c3cccc4cccnc34)c3cc4c5c(c32)C(c2ccncc2)c2ccccc2B5c2ccccc2S4)cc1. The summed E-state index contributed by atoms with van der Waals surface area (Å²) in [4.78, 5) is 14.6. The van der Waals surface area contributed by atoms with Gasteiger partial charge in [0.05, 0.1) is 11.2 Å². The van der Waals surface area contributed by atoms with Crippen LogP contribution >= 0.6 is 11.8 Å². The van der Waals surface area contributed by atoms with Gasteiger partial charge in [0.25, 0.3) is 0 Å². The number of rotatable bonds is 3. The molecule has 51 heavy (non-hydrogen) atoms. The van der Waals surface area contributed by atoms with Crippen LogP contribution in [-0.4, -0.2) is 23.4 Å². The molecule has 0 N–H and O–H groups in total. The van der Waals surface area contributed by atoms with Gasteiger partial charge in [0.1, 0.15) is 0 Å². The summed E-state index contributed by atoms with van der Waals surface area (Å²) < 4.78 is 0. The fraction of sp³-hybridized carbons (Fsp3) is 0.0222. The highest BCUT2D eigenvalue weighted by molar-refractivity contribution is 8.00. The Bertz CT molecular complexity index is 2660. The molecule has 11 rings (SSSR count). The molecule has 0 radical (unpaired) electrons. The number of fused-ring (bicyclic) bond motifs is 8. The van der Waals surface area contributed by atoms with Crippen LogP contribution in [0.3, 0.4) is 0 Å². The highest BCUT2D eigenvalue weighted by Gasteiger charge is 2.47. The molecule has 0 spiro atoms. The number of benzene rings is 6. The first-order valence-corrected chi connectivity index (χ1v) is 18.4. The van der Waals surface area contributed by atoms with Gasteiger partial charge in [0.15, 0.2) is 0 Å². The van der Waals surface area contributed by atoms with E-state index in [1.165, 1.54) is 70.6 Å². The topological polar surface area (TPSA) is 29.0 Å². The van der Waals surface area contributed by atoms with Gasteiger partial charge in [-0.1, -0.05) is 143 Å². The minimum atomic E-state index is 0.0225. The van der Waals surface area contributed by atoms with Crippen LogP contribution in [0.25, 0.3) is 10.9 Å². The average Bonchev–Trinajstić information content (AvgIpc) is 3.20. The van der Waals surface area contributed by atoms with Gasteiger partial charge in [-0.15, -0.1) is 0 Å². The Hall–Kier alpha value is -5.84. The maximum atomic E-state index is 5.00. The first-order valence-electron chi connectivity index (χ1n) is 17.6. The zero-order valence-electron chi connectivity index (χ0n) is 27.6. The van der Waals surface area contributed by atoms with Gasteiger partial charge in [0, 0.05) is 51.1 Å². The van der Waals surface area contributed by atoms with Crippen LogP contribution in [0.15, 0.2) is 180 Å². The van der Waals surface area contributed by atoms with Crippen LogP contribution in [0.4, 0.5) is 17.1 Å². The normalized spacial score (nSPS) is 15.1. The van der Waals surface area contributed by atoms with Crippen molar-refractivity contribution in [1.82, 2.24) is 9.97 Å². The standard InChI is InChI=1S/C45H29B2N3S/c1-2-14-31(15-3-1)46-34-18-6-8-20-36(34)50(37-21-10-12-30-13-11-25-49-45(30)37)38-28-40-44-42(43(38)46)41(29-23-26-48-27-24-29)32-16-4-5-17-33(32)47(44)35-19-7-9-22-39(35)51-40/h1-28,41H. The second-order valence-electron chi connectivity index (χ2n) is 13.6. The van der Waals surface area contributed by atoms with Gasteiger partial charge in [-0.2, -0.15) is 0 Å². The summed E-state index contributed by atoms with van der Waals surface area (Å²) in [5.41, 5.74) is 16.7. The van der Waals surface area contributed by atoms with Crippen molar-refractivity contribution in [3.05, 3.63) is 187 Å². The zero-order chi connectivity index (χ0) is 33.5. The molecule has 3 aliphatic rings. The minimum absolute atomic E-state index is 0.0225. The van der Waals surface area contributed by atoms with E-state index in [9.17, 15) is 0 Å². The lowest BCUT2D eigenvalue weighted by Gasteiger charge is -2.44. The highest BCUT2D eigenvalue weighted by Crippen LogP contribution is 2.46. The van der Waals surface area contributed by atoms with E-state index < -0.39 is 0 Å². The Kier molecular flexibility index (Phi) is 6.44. The monoisotopic (exact) mass is 665 g/mol. The number of pyridine rings is 2. The quantitative estimate of drug-likeness (QED) is 0.204. The van der Waals surface area contributed by atoms with Gasteiger partial charge >= 0.3 is 0 Å². The van der Waals surface area contributed by atoms with E-state index >= 15 is 0 Å². The molecule has 0 saturated heterocycles. The third-order valence-corrected chi connectivity index (χ3v) is 12.2. The van der Waals surface area contributed by atoms with Crippen LogP contribution < -0.4 is 37.7 Å². The molecule has 1 unspecified atom stereocenters. The Morgan fingerprint density at radius 1 is 0.529 bits per heavy atom. The molecule has 0 bridgehead atoms. The van der Waals surface area contributed by atoms with Crippen molar-refractivity contribution in [1.29, 1.82) is 0 Å². The summed E-state index contributed by atoms with van der Waals surface area (Å²) in [5.74, 6) is 0.0268. The molecule has 2 aromatic heterocycles. The molecule has 0 fully saturated rings. The molecular weight excluding hydrogens is 636 g/mol. The molecular formula is C45H29B2N3S. The minimum Gasteiger partial charge on any atom is -0.309 e. The summed E-state index contributed by atoms with van der Waals surface area (Å²) >= 11 is 1.92. The van der Waals surface area contributed by atoms with Gasteiger partial charge in [0.2, 0.25) is 13.4 Å². The van der Waals surface area contributed by atoms with E-state index in [4.69, 9.17) is 4.98 Å². The van der Waals surface area contributed by atoms with Gasteiger partial charge in [-0.3, -0.25) is 9.97 Å². The van der Waals surface area contributed by atoms with Crippen LogP contribution in [0.1, 0.15) is 22.6 Å². The number of anilines is 3. The maximum Gasteiger partial charge on any atom is 0.247 e. The number of nitrogens with zero attached hydrogens (tertiary/aromatic N) is 3. The third kappa shape index (κ3) is 4.23. The number of aromatic nitrogens is 2. The summed E-state index contributed by atoms with van der Waals surface area (Å²) in [6.45, 7) is 0.155. The van der Waals surface area contributed by atoms with E-state index in [1.54, 1.807) is 0 Å². The molecule has 3 aliphatic heterocycles. The molecule has 5 heterocycles. The smallest absolute Gasteiger partial charge is 0.247 e. The van der Waals surface area contributed by atoms with Crippen molar-refractivity contribution in [3.8, 4) is 0 Å². The fourth-order valence-corrected chi connectivity index (χ4v) is 10.3. The maximum absolute atomic E-state index is 5.00. The molecule has 0 aliphatic carbocycles. The third-order valence-electron chi connectivity index (χ3n) is 11.1. The molecule has 6 heteroatoms. The molecule has 236 valence electrons. The lowest BCUT2D eigenvalue weighted by Crippen LogP contribution is -2.66. The van der Waals surface area contributed by atoms with E-state index in [-0.39, 0.29) is 19.3 Å². The van der Waals surface area contributed by atoms with E-state index in [0.29, 0.717) is 0 Å². The van der Waals surface area contributed by atoms with Gasteiger partial charge in [-0.25, -0.2) is 0 Å². The number of para-hydroxylation sites is 2. The number of hydrogen-bond donors (Lipinski definition) is 0. The lowest BCUT2D eigenvalue weighted by molar-refractivity contribution is 0.979.